The number of rotatable bonds is 7. The molecule has 1 rings (SSSR count). The largest absolute Gasteiger partial charge is 0.496 e. The Hall–Kier alpha value is -1.77. The van der Waals surface area contributed by atoms with Gasteiger partial charge in [-0.1, -0.05) is 32.1 Å². The standard InChI is InChI=1S/C15H21NO2/c1-4-6-9-16-15(17)11-13-10-12(5-2)7-8-14(13)18-3/h5,7-8,10H,2,4,6,9,11H2,1,3H3,(H,16,17). The quantitative estimate of drug-likeness (QED) is 0.752. The van der Waals surface area contributed by atoms with Crippen molar-refractivity contribution in [2.45, 2.75) is 26.2 Å². The average molecular weight is 247 g/mol. The molecule has 3 nitrogen and oxygen atoms in total. The molecule has 98 valence electrons. The van der Waals surface area contributed by atoms with Gasteiger partial charge in [-0.2, -0.15) is 0 Å². The summed E-state index contributed by atoms with van der Waals surface area (Å²) in [5.74, 6) is 0.772. The zero-order valence-corrected chi connectivity index (χ0v) is 11.2. The second kappa shape index (κ2) is 7.54. The second-order valence-corrected chi connectivity index (χ2v) is 4.16. The lowest BCUT2D eigenvalue weighted by Crippen LogP contribution is -2.26. The Bertz CT molecular complexity index is 413. The Labute approximate surface area is 109 Å². The number of benzene rings is 1. The van der Waals surface area contributed by atoms with Crippen molar-refractivity contribution in [3.8, 4) is 5.75 Å². The van der Waals surface area contributed by atoms with E-state index in [0.717, 1.165) is 36.3 Å². The normalized spacial score (nSPS) is 9.89. The third kappa shape index (κ3) is 4.24. The molecule has 1 amide bonds. The van der Waals surface area contributed by atoms with Crippen LogP contribution in [0.2, 0.25) is 0 Å². The monoisotopic (exact) mass is 247 g/mol. The summed E-state index contributed by atoms with van der Waals surface area (Å²) in [4.78, 5) is 11.8. The molecular weight excluding hydrogens is 226 g/mol. The molecule has 0 fully saturated rings. The second-order valence-electron chi connectivity index (χ2n) is 4.16. The number of carbonyl (C=O) groups excluding carboxylic acids is 1. The first kappa shape index (κ1) is 14.3. The molecule has 1 N–H and O–H groups in total. The van der Waals surface area contributed by atoms with Crippen molar-refractivity contribution in [3.05, 3.63) is 35.9 Å². The van der Waals surface area contributed by atoms with Gasteiger partial charge in [0.05, 0.1) is 13.5 Å². The van der Waals surface area contributed by atoms with E-state index in [2.05, 4.69) is 18.8 Å². The van der Waals surface area contributed by atoms with Crippen LogP contribution in [0, 0.1) is 0 Å². The van der Waals surface area contributed by atoms with Gasteiger partial charge in [0.25, 0.3) is 0 Å². The molecule has 1 aromatic rings. The third-order valence-corrected chi connectivity index (χ3v) is 2.74. The van der Waals surface area contributed by atoms with E-state index in [9.17, 15) is 4.79 Å². The smallest absolute Gasteiger partial charge is 0.224 e. The van der Waals surface area contributed by atoms with Gasteiger partial charge in [-0.25, -0.2) is 0 Å². The minimum atomic E-state index is 0.0305. The number of ether oxygens (including phenoxy) is 1. The van der Waals surface area contributed by atoms with E-state index in [1.54, 1.807) is 13.2 Å². The molecule has 3 heteroatoms. The summed E-state index contributed by atoms with van der Waals surface area (Å²) >= 11 is 0. The van der Waals surface area contributed by atoms with E-state index in [1.807, 2.05) is 18.2 Å². The molecule has 0 atom stereocenters. The molecule has 0 aliphatic carbocycles. The van der Waals surface area contributed by atoms with Crippen LogP contribution in [0.5, 0.6) is 5.75 Å². The Kier molecular flexibility index (Phi) is 5.98. The molecule has 0 saturated heterocycles. The zero-order chi connectivity index (χ0) is 13.4. The van der Waals surface area contributed by atoms with Gasteiger partial charge in [0.2, 0.25) is 5.91 Å². The van der Waals surface area contributed by atoms with Crippen LogP contribution >= 0.6 is 0 Å². The van der Waals surface area contributed by atoms with E-state index >= 15 is 0 Å². The van der Waals surface area contributed by atoms with Gasteiger partial charge in [0.15, 0.2) is 0 Å². The van der Waals surface area contributed by atoms with E-state index in [4.69, 9.17) is 4.74 Å². The zero-order valence-electron chi connectivity index (χ0n) is 11.2. The van der Waals surface area contributed by atoms with Crippen molar-refractivity contribution in [2.75, 3.05) is 13.7 Å². The predicted molar refractivity (Wildman–Crippen MR) is 74.7 cm³/mol. The Balaban J connectivity index is 2.69. The van der Waals surface area contributed by atoms with Gasteiger partial charge >= 0.3 is 0 Å². The summed E-state index contributed by atoms with van der Waals surface area (Å²) in [6.07, 6.45) is 4.19. The fraction of sp³-hybridized carbons (Fsp3) is 0.400. The Morgan fingerprint density at radius 3 is 2.89 bits per heavy atom. The van der Waals surface area contributed by atoms with Crippen LogP contribution in [0.25, 0.3) is 6.08 Å². The lowest BCUT2D eigenvalue weighted by molar-refractivity contribution is -0.120. The van der Waals surface area contributed by atoms with Gasteiger partial charge in [-0.3, -0.25) is 4.79 Å². The van der Waals surface area contributed by atoms with Crippen molar-refractivity contribution in [2.24, 2.45) is 0 Å². The molecule has 0 saturated carbocycles. The lowest BCUT2D eigenvalue weighted by Gasteiger charge is -2.10. The van der Waals surface area contributed by atoms with E-state index in [-0.39, 0.29) is 5.91 Å². The van der Waals surface area contributed by atoms with Crippen LogP contribution in [-0.2, 0) is 11.2 Å². The lowest BCUT2D eigenvalue weighted by atomic mass is 10.1. The van der Waals surface area contributed by atoms with Crippen molar-refractivity contribution < 1.29 is 9.53 Å². The van der Waals surface area contributed by atoms with Gasteiger partial charge in [0, 0.05) is 12.1 Å². The minimum Gasteiger partial charge on any atom is -0.496 e. The van der Waals surface area contributed by atoms with Crippen LogP contribution in [-0.4, -0.2) is 19.6 Å². The molecule has 0 radical (unpaired) electrons. The van der Waals surface area contributed by atoms with Crippen LogP contribution in [0.3, 0.4) is 0 Å². The van der Waals surface area contributed by atoms with Crippen molar-refractivity contribution in [1.29, 1.82) is 0 Å². The maximum atomic E-state index is 11.8. The van der Waals surface area contributed by atoms with Crippen LogP contribution in [0.15, 0.2) is 24.8 Å². The maximum absolute atomic E-state index is 11.8. The van der Waals surface area contributed by atoms with Crippen molar-refractivity contribution in [1.82, 2.24) is 5.32 Å². The number of nitrogens with one attached hydrogen (secondary N) is 1. The number of carbonyl (C=O) groups is 1. The maximum Gasteiger partial charge on any atom is 0.224 e. The highest BCUT2D eigenvalue weighted by molar-refractivity contribution is 5.79. The molecule has 1 aromatic carbocycles. The molecule has 0 unspecified atom stereocenters. The summed E-state index contributed by atoms with van der Waals surface area (Å²) in [5.41, 5.74) is 1.89. The van der Waals surface area contributed by atoms with Gasteiger partial charge in [-0.15, -0.1) is 0 Å². The first-order valence-corrected chi connectivity index (χ1v) is 6.27. The molecule has 0 heterocycles. The molecular formula is C15H21NO2. The average Bonchev–Trinajstić information content (AvgIpc) is 2.39. The number of hydrogen-bond donors (Lipinski definition) is 1. The summed E-state index contributed by atoms with van der Waals surface area (Å²) in [6.45, 7) is 6.56. The first-order valence-electron chi connectivity index (χ1n) is 6.27. The Morgan fingerprint density at radius 2 is 2.28 bits per heavy atom. The summed E-state index contributed by atoms with van der Waals surface area (Å²) < 4.78 is 5.26. The van der Waals surface area contributed by atoms with E-state index in [0.29, 0.717) is 6.42 Å². The molecule has 0 aliphatic heterocycles. The predicted octanol–water partition coefficient (Wildman–Crippen LogP) is 2.80. The molecule has 0 aliphatic rings. The molecule has 0 spiro atoms. The molecule has 0 aromatic heterocycles. The first-order chi connectivity index (χ1) is 8.71. The topological polar surface area (TPSA) is 38.3 Å². The minimum absolute atomic E-state index is 0.0305. The Morgan fingerprint density at radius 1 is 1.50 bits per heavy atom. The fourth-order valence-electron chi connectivity index (χ4n) is 1.70. The highest BCUT2D eigenvalue weighted by Crippen LogP contribution is 2.21. The van der Waals surface area contributed by atoms with Crippen molar-refractivity contribution in [3.63, 3.8) is 0 Å². The van der Waals surface area contributed by atoms with Crippen LogP contribution in [0.1, 0.15) is 30.9 Å². The fourth-order valence-corrected chi connectivity index (χ4v) is 1.70. The van der Waals surface area contributed by atoms with Gasteiger partial charge in [-0.05, 0) is 24.1 Å². The van der Waals surface area contributed by atoms with E-state index in [1.165, 1.54) is 0 Å². The van der Waals surface area contributed by atoms with Gasteiger partial charge < -0.3 is 10.1 Å². The van der Waals surface area contributed by atoms with Crippen molar-refractivity contribution >= 4 is 12.0 Å². The summed E-state index contributed by atoms with van der Waals surface area (Å²) in [5, 5.41) is 2.90. The molecule has 18 heavy (non-hydrogen) atoms. The number of amides is 1. The van der Waals surface area contributed by atoms with Gasteiger partial charge in [0.1, 0.15) is 5.75 Å². The molecule has 0 bridgehead atoms. The highest BCUT2D eigenvalue weighted by atomic mass is 16.5. The third-order valence-electron chi connectivity index (χ3n) is 2.74. The van der Waals surface area contributed by atoms with Crippen LogP contribution < -0.4 is 10.1 Å². The summed E-state index contributed by atoms with van der Waals surface area (Å²) in [6, 6.07) is 5.72. The SMILES string of the molecule is C=Cc1ccc(OC)c(CC(=O)NCCCC)c1. The number of unbranched alkanes of at least 4 members (excludes halogenated alkanes) is 1. The van der Waals surface area contributed by atoms with E-state index < -0.39 is 0 Å². The highest BCUT2D eigenvalue weighted by Gasteiger charge is 2.08. The number of methoxy groups -OCH3 is 1. The summed E-state index contributed by atoms with van der Waals surface area (Å²) in [7, 11) is 1.61. The van der Waals surface area contributed by atoms with Crippen LogP contribution in [0.4, 0.5) is 0 Å². The number of hydrogen-bond acceptors (Lipinski definition) is 2.